The Balaban J connectivity index is 4.80. The van der Waals surface area contributed by atoms with Crippen molar-refractivity contribution in [3.63, 3.8) is 0 Å². The molecule has 27 heavy (non-hydrogen) atoms. The molecule has 0 aliphatic heterocycles. The van der Waals surface area contributed by atoms with Gasteiger partial charge in [0.25, 0.3) is 20.2 Å². The summed E-state index contributed by atoms with van der Waals surface area (Å²) in [5, 5.41) is 0. The molecule has 0 radical (unpaired) electrons. The highest BCUT2D eigenvalue weighted by molar-refractivity contribution is 7.87. The maximum atomic E-state index is 12.0. The fraction of sp³-hybridized carbons (Fsp3) is 0.867. The quantitative estimate of drug-likeness (QED) is 0.320. The SMILES string of the molecule is CCOC(=O)C(C)(C)OS(=O)(=O)CCCS(=O)(=O)OC(C)(C)C(=O)OCC. The fourth-order valence-corrected chi connectivity index (χ4v) is 4.56. The van der Waals surface area contributed by atoms with Gasteiger partial charge in [-0.3, -0.25) is 8.37 Å². The van der Waals surface area contributed by atoms with Crippen molar-refractivity contribution in [3.8, 4) is 0 Å². The zero-order valence-corrected chi connectivity index (χ0v) is 18.1. The maximum absolute atomic E-state index is 12.0. The lowest BCUT2D eigenvalue weighted by molar-refractivity contribution is -0.158. The maximum Gasteiger partial charge on any atom is 0.339 e. The first-order valence-corrected chi connectivity index (χ1v) is 11.4. The van der Waals surface area contributed by atoms with Crippen LogP contribution in [0.25, 0.3) is 0 Å². The molecule has 0 aliphatic carbocycles. The van der Waals surface area contributed by atoms with E-state index in [-0.39, 0.29) is 19.6 Å². The zero-order chi connectivity index (χ0) is 21.5. The molecule has 12 heteroatoms. The van der Waals surface area contributed by atoms with Gasteiger partial charge < -0.3 is 9.47 Å². The molecule has 0 aromatic heterocycles. The summed E-state index contributed by atoms with van der Waals surface area (Å²) in [6.07, 6.45) is -0.359. The standard InChI is InChI=1S/C15H28O10S2/c1-7-22-12(16)14(3,4)24-26(18,19)10-9-11-27(20,21)25-15(5,6)13(17)23-8-2/h7-11H2,1-6H3. The van der Waals surface area contributed by atoms with E-state index in [4.69, 9.17) is 17.8 Å². The molecule has 0 aliphatic rings. The van der Waals surface area contributed by atoms with Gasteiger partial charge in [-0.2, -0.15) is 16.8 Å². The van der Waals surface area contributed by atoms with E-state index in [1.54, 1.807) is 13.8 Å². The van der Waals surface area contributed by atoms with Gasteiger partial charge in [-0.1, -0.05) is 0 Å². The Bertz CT molecular complexity index is 658. The van der Waals surface area contributed by atoms with Crippen LogP contribution in [0.1, 0.15) is 48.0 Å². The number of carbonyl (C=O) groups excluding carboxylic acids is 2. The van der Waals surface area contributed by atoms with Crippen molar-refractivity contribution in [2.75, 3.05) is 24.7 Å². The van der Waals surface area contributed by atoms with E-state index in [0.29, 0.717) is 0 Å². The monoisotopic (exact) mass is 432 g/mol. The molecule has 0 rings (SSSR count). The fourth-order valence-electron chi connectivity index (χ4n) is 1.81. The summed E-state index contributed by atoms with van der Waals surface area (Å²) < 4.78 is 67.0. The first-order valence-electron chi connectivity index (χ1n) is 8.29. The second-order valence-corrected chi connectivity index (χ2v) is 9.89. The Morgan fingerprint density at radius 2 is 1.00 bits per heavy atom. The lowest BCUT2D eigenvalue weighted by Gasteiger charge is -2.23. The van der Waals surface area contributed by atoms with Crippen molar-refractivity contribution in [1.82, 2.24) is 0 Å². The first kappa shape index (κ1) is 25.8. The molecule has 0 aromatic rings. The van der Waals surface area contributed by atoms with Crippen LogP contribution in [-0.2, 0) is 47.7 Å². The Labute approximate surface area is 160 Å². The van der Waals surface area contributed by atoms with Gasteiger partial charge in [0.05, 0.1) is 24.7 Å². The molecule has 0 aromatic carbocycles. The van der Waals surface area contributed by atoms with Gasteiger partial charge in [0.15, 0.2) is 11.2 Å². The van der Waals surface area contributed by atoms with E-state index in [1.165, 1.54) is 27.7 Å². The van der Waals surface area contributed by atoms with Gasteiger partial charge in [-0.25, -0.2) is 9.59 Å². The second-order valence-electron chi connectivity index (χ2n) is 6.51. The molecule has 0 N–H and O–H groups in total. The Morgan fingerprint density at radius 3 is 1.26 bits per heavy atom. The summed E-state index contributed by atoms with van der Waals surface area (Å²) in [5.41, 5.74) is -3.48. The summed E-state index contributed by atoms with van der Waals surface area (Å²) in [5.74, 6) is -3.06. The average Bonchev–Trinajstić information content (AvgIpc) is 2.44. The van der Waals surface area contributed by atoms with E-state index in [0.717, 1.165) is 0 Å². The predicted octanol–water partition coefficient (Wildman–Crippen LogP) is 0.753. The Hall–Kier alpha value is -1.24. The zero-order valence-electron chi connectivity index (χ0n) is 16.4. The summed E-state index contributed by atoms with van der Waals surface area (Å²) >= 11 is 0. The van der Waals surface area contributed by atoms with Crippen LogP contribution in [0.15, 0.2) is 0 Å². The van der Waals surface area contributed by atoms with Gasteiger partial charge in [0.2, 0.25) is 0 Å². The first-order chi connectivity index (χ1) is 12.1. The number of carbonyl (C=O) groups is 2. The third-order valence-corrected chi connectivity index (χ3v) is 5.91. The van der Waals surface area contributed by atoms with Crippen molar-refractivity contribution in [2.24, 2.45) is 0 Å². The number of hydrogen-bond acceptors (Lipinski definition) is 10. The predicted molar refractivity (Wildman–Crippen MR) is 95.8 cm³/mol. The largest absolute Gasteiger partial charge is 0.464 e. The highest BCUT2D eigenvalue weighted by Gasteiger charge is 2.37. The molecule has 0 unspecified atom stereocenters. The molecule has 0 heterocycles. The molecule has 0 saturated carbocycles. The lowest BCUT2D eigenvalue weighted by Crippen LogP contribution is -2.40. The van der Waals surface area contributed by atoms with Crippen LogP contribution in [0, 0.1) is 0 Å². The smallest absolute Gasteiger partial charge is 0.339 e. The molecule has 10 nitrogen and oxygen atoms in total. The number of hydrogen-bond donors (Lipinski definition) is 0. The van der Waals surface area contributed by atoms with Gasteiger partial charge in [0.1, 0.15) is 0 Å². The second kappa shape index (κ2) is 9.80. The van der Waals surface area contributed by atoms with Crippen molar-refractivity contribution in [1.29, 1.82) is 0 Å². The van der Waals surface area contributed by atoms with Crippen LogP contribution in [0.4, 0.5) is 0 Å². The van der Waals surface area contributed by atoms with E-state index in [9.17, 15) is 26.4 Å². The summed E-state index contributed by atoms with van der Waals surface area (Å²) in [4.78, 5) is 23.4. The molecular formula is C15H28O10S2. The Morgan fingerprint density at radius 1 is 0.704 bits per heavy atom. The lowest BCUT2D eigenvalue weighted by atomic mass is 10.1. The van der Waals surface area contributed by atoms with Gasteiger partial charge in [-0.05, 0) is 48.0 Å². The van der Waals surface area contributed by atoms with Crippen molar-refractivity contribution >= 4 is 32.2 Å². The minimum Gasteiger partial charge on any atom is -0.464 e. The molecule has 160 valence electrons. The third kappa shape index (κ3) is 9.49. The van der Waals surface area contributed by atoms with E-state index >= 15 is 0 Å². The molecule has 0 saturated heterocycles. The Kier molecular flexibility index (Phi) is 9.35. The van der Waals surface area contributed by atoms with Gasteiger partial charge in [-0.15, -0.1) is 0 Å². The number of rotatable bonds is 12. The molecule has 0 fully saturated rings. The van der Waals surface area contributed by atoms with E-state index < -0.39 is 54.9 Å². The molecule has 0 spiro atoms. The van der Waals surface area contributed by atoms with E-state index in [2.05, 4.69) is 0 Å². The summed E-state index contributed by atoms with van der Waals surface area (Å²) in [6, 6.07) is 0. The minimum absolute atomic E-state index is 0.0531. The highest BCUT2D eigenvalue weighted by Crippen LogP contribution is 2.19. The van der Waals surface area contributed by atoms with E-state index in [1.807, 2.05) is 0 Å². The number of esters is 2. The number of ether oxygens (including phenoxy) is 2. The average molecular weight is 433 g/mol. The molecular weight excluding hydrogens is 404 g/mol. The highest BCUT2D eigenvalue weighted by atomic mass is 32.2. The van der Waals surface area contributed by atoms with Crippen LogP contribution >= 0.6 is 0 Å². The van der Waals surface area contributed by atoms with Crippen LogP contribution in [0.5, 0.6) is 0 Å². The van der Waals surface area contributed by atoms with Crippen molar-refractivity contribution < 1.29 is 44.3 Å². The van der Waals surface area contributed by atoms with Crippen molar-refractivity contribution in [3.05, 3.63) is 0 Å². The van der Waals surface area contributed by atoms with Crippen LogP contribution < -0.4 is 0 Å². The minimum atomic E-state index is -4.21. The normalized spacial score (nSPS) is 13.3. The molecule has 0 atom stereocenters. The summed E-state index contributed by atoms with van der Waals surface area (Å²) in [6.45, 7) is 8.13. The van der Waals surface area contributed by atoms with Gasteiger partial charge in [0, 0.05) is 0 Å². The van der Waals surface area contributed by atoms with Crippen LogP contribution in [0.3, 0.4) is 0 Å². The molecule has 0 amide bonds. The van der Waals surface area contributed by atoms with Crippen LogP contribution in [0.2, 0.25) is 0 Å². The van der Waals surface area contributed by atoms with Gasteiger partial charge >= 0.3 is 11.9 Å². The molecule has 0 bridgehead atoms. The third-order valence-electron chi connectivity index (χ3n) is 2.99. The van der Waals surface area contributed by atoms with Crippen LogP contribution in [-0.4, -0.2) is 64.7 Å². The van der Waals surface area contributed by atoms with Crippen molar-refractivity contribution in [2.45, 2.75) is 59.2 Å². The summed E-state index contributed by atoms with van der Waals surface area (Å²) in [7, 11) is -8.41. The topological polar surface area (TPSA) is 139 Å².